The summed E-state index contributed by atoms with van der Waals surface area (Å²) in [6.45, 7) is 2.24. The molecule has 1 heterocycles. The van der Waals surface area contributed by atoms with Gasteiger partial charge in [-0.15, -0.1) is 0 Å². The molecule has 1 N–H and O–H groups in total. The Labute approximate surface area is 128 Å². The molecule has 0 spiro atoms. The first-order valence-electron chi connectivity index (χ1n) is 8.25. The molecule has 0 saturated carbocycles. The van der Waals surface area contributed by atoms with Gasteiger partial charge in [0, 0.05) is 0 Å². The summed E-state index contributed by atoms with van der Waals surface area (Å²) in [5.41, 5.74) is 1.98. The van der Waals surface area contributed by atoms with Gasteiger partial charge in [-0.1, -0.05) is 64.0 Å². The highest BCUT2D eigenvalue weighted by Gasteiger charge is 2.31. The monoisotopic (exact) mass is 289 g/mol. The van der Waals surface area contributed by atoms with Gasteiger partial charge in [-0.3, -0.25) is 4.79 Å². The van der Waals surface area contributed by atoms with E-state index in [1.807, 2.05) is 18.2 Å². The number of carbonyl (C=O) groups is 1. The van der Waals surface area contributed by atoms with Crippen molar-refractivity contribution in [2.75, 3.05) is 12.4 Å². The van der Waals surface area contributed by atoms with Gasteiger partial charge in [0.05, 0.1) is 18.7 Å². The van der Waals surface area contributed by atoms with Crippen molar-refractivity contribution < 1.29 is 9.53 Å². The third kappa shape index (κ3) is 3.99. The Bertz CT molecular complexity index is 470. The van der Waals surface area contributed by atoms with Crippen LogP contribution in [0.2, 0.25) is 0 Å². The first-order valence-corrected chi connectivity index (χ1v) is 8.25. The quantitative estimate of drug-likeness (QED) is 0.658. The smallest absolute Gasteiger partial charge is 0.232 e. The second kappa shape index (κ2) is 8.06. The van der Waals surface area contributed by atoms with Gasteiger partial charge in [-0.25, -0.2) is 0 Å². The number of hydrogen-bond acceptors (Lipinski definition) is 2. The topological polar surface area (TPSA) is 38.3 Å². The summed E-state index contributed by atoms with van der Waals surface area (Å²) in [7, 11) is 1.64. The van der Waals surface area contributed by atoms with Crippen molar-refractivity contribution in [2.24, 2.45) is 0 Å². The van der Waals surface area contributed by atoms with E-state index in [1.165, 1.54) is 38.5 Å². The molecule has 1 aromatic carbocycles. The molecule has 1 aliphatic rings. The Morgan fingerprint density at radius 1 is 1.10 bits per heavy atom. The lowest BCUT2D eigenvalue weighted by molar-refractivity contribution is -0.117. The summed E-state index contributed by atoms with van der Waals surface area (Å²) in [4.78, 5) is 12.1. The third-order valence-corrected chi connectivity index (χ3v) is 4.31. The van der Waals surface area contributed by atoms with Crippen LogP contribution in [0.1, 0.15) is 69.8 Å². The Morgan fingerprint density at radius 3 is 2.52 bits per heavy atom. The van der Waals surface area contributed by atoms with Gasteiger partial charge in [-0.05, 0) is 18.1 Å². The number of para-hydroxylation sites is 1. The van der Waals surface area contributed by atoms with E-state index in [4.69, 9.17) is 4.74 Å². The molecule has 0 aromatic heterocycles. The van der Waals surface area contributed by atoms with Gasteiger partial charge in [0.2, 0.25) is 5.91 Å². The predicted octanol–water partition coefficient (Wildman–Crippen LogP) is 4.87. The number of nitrogens with one attached hydrogen (secondary N) is 1. The molecular formula is C18H27NO2. The predicted molar refractivity (Wildman–Crippen MR) is 87.0 cm³/mol. The summed E-state index contributed by atoms with van der Waals surface area (Å²) in [6, 6.07) is 5.91. The number of hydrogen-bond donors (Lipinski definition) is 1. The van der Waals surface area contributed by atoms with Crippen LogP contribution in [0.15, 0.2) is 18.2 Å². The van der Waals surface area contributed by atoms with E-state index in [1.54, 1.807) is 7.11 Å². The van der Waals surface area contributed by atoms with Crippen molar-refractivity contribution in [2.45, 2.75) is 64.2 Å². The second-order valence-electron chi connectivity index (χ2n) is 5.88. The number of ether oxygens (including phenoxy) is 1. The molecule has 0 aliphatic carbocycles. The van der Waals surface area contributed by atoms with Crippen LogP contribution in [0.5, 0.6) is 5.75 Å². The molecule has 0 saturated heterocycles. The van der Waals surface area contributed by atoms with Crippen LogP contribution in [-0.2, 0) is 4.79 Å². The van der Waals surface area contributed by atoms with Crippen LogP contribution >= 0.6 is 0 Å². The molecule has 0 radical (unpaired) electrons. The summed E-state index contributed by atoms with van der Waals surface area (Å²) >= 11 is 0. The van der Waals surface area contributed by atoms with E-state index >= 15 is 0 Å². The Kier molecular flexibility index (Phi) is 6.09. The summed E-state index contributed by atoms with van der Waals surface area (Å²) < 4.78 is 5.32. The molecule has 1 aliphatic heterocycles. The zero-order valence-corrected chi connectivity index (χ0v) is 13.3. The van der Waals surface area contributed by atoms with Crippen molar-refractivity contribution in [3.05, 3.63) is 23.8 Å². The van der Waals surface area contributed by atoms with Crippen LogP contribution < -0.4 is 10.1 Å². The fourth-order valence-electron chi connectivity index (χ4n) is 3.09. The highest BCUT2D eigenvalue weighted by molar-refractivity contribution is 6.04. The normalized spacial score (nSPS) is 16.7. The molecule has 2 rings (SSSR count). The number of rotatable bonds is 9. The van der Waals surface area contributed by atoms with E-state index in [2.05, 4.69) is 12.2 Å². The molecular weight excluding hydrogens is 262 g/mol. The maximum atomic E-state index is 12.1. The molecule has 1 aromatic rings. The van der Waals surface area contributed by atoms with Crippen molar-refractivity contribution >= 4 is 11.6 Å². The first-order chi connectivity index (χ1) is 10.3. The van der Waals surface area contributed by atoms with Crippen molar-refractivity contribution in [1.82, 2.24) is 0 Å². The lowest BCUT2D eigenvalue weighted by atomic mass is 9.94. The molecule has 0 fully saturated rings. The van der Waals surface area contributed by atoms with Gasteiger partial charge >= 0.3 is 0 Å². The Balaban J connectivity index is 1.81. The largest absolute Gasteiger partial charge is 0.495 e. The maximum absolute atomic E-state index is 12.1. The first kappa shape index (κ1) is 15.9. The van der Waals surface area contributed by atoms with Crippen LogP contribution in [0.4, 0.5) is 5.69 Å². The molecule has 1 amide bonds. The van der Waals surface area contributed by atoms with Crippen molar-refractivity contribution in [3.63, 3.8) is 0 Å². The molecule has 1 atom stereocenters. The molecule has 0 bridgehead atoms. The minimum Gasteiger partial charge on any atom is -0.495 e. The van der Waals surface area contributed by atoms with Gasteiger partial charge in [0.25, 0.3) is 0 Å². The fourth-order valence-corrected chi connectivity index (χ4v) is 3.09. The third-order valence-electron chi connectivity index (χ3n) is 4.31. The van der Waals surface area contributed by atoms with E-state index in [0.29, 0.717) is 0 Å². The zero-order chi connectivity index (χ0) is 15.1. The van der Waals surface area contributed by atoms with Gasteiger partial charge < -0.3 is 10.1 Å². The standard InChI is InChI=1S/C18H27NO2/c1-3-4-5-6-7-8-9-11-15-14-12-10-13-16(21-2)17(14)19-18(15)20/h10,12-13,15H,3-9,11H2,1-2H3,(H,19,20). The van der Waals surface area contributed by atoms with Gasteiger partial charge in [-0.2, -0.15) is 0 Å². The highest BCUT2D eigenvalue weighted by Crippen LogP contribution is 2.41. The van der Waals surface area contributed by atoms with E-state index < -0.39 is 0 Å². The van der Waals surface area contributed by atoms with E-state index in [9.17, 15) is 4.79 Å². The highest BCUT2D eigenvalue weighted by atomic mass is 16.5. The van der Waals surface area contributed by atoms with Crippen molar-refractivity contribution in [3.8, 4) is 5.75 Å². The summed E-state index contributed by atoms with van der Waals surface area (Å²) in [5, 5.41) is 2.97. The van der Waals surface area contributed by atoms with Crippen molar-refractivity contribution in [1.29, 1.82) is 0 Å². The lowest BCUT2D eigenvalue weighted by Gasteiger charge is -2.09. The minimum atomic E-state index is 0.00532. The Hall–Kier alpha value is -1.51. The number of anilines is 1. The van der Waals surface area contributed by atoms with Gasteiger partial charge in [0.1, 0.15) is 5.75 Å². The van der Waals surface area contributed by atoms with Crippen LogP contribution in [-0.4, -0.2) is 13.0 Å². The minimum absolute atomic E-state index is 0.00532. The lowest BCUT2D eigenvalue weighted by Crippen LogP contribution is -2.12. The van der Waals surface area contributed by atoms with E-state index in [0.717, 1.165) is 29.8 Å². The number of unbranched alkanes of at least 4 members (excludes halogenated alkanes) is 6. The zero-order valence-electron chi connectivity index (χ0n) is 13.3. The molecule has 116 valence electrons. The Morgan fingerprint density at radius 2 is 1.81 bits per heavy atom. The summed E-state index contributed by atoms with van der Waals surface area (Å²) in [6.07, 6.45) is 9.90. The molecule has 1 unspecified atom stereocenters. The fraction of sp³-hybridized carbons (Fsp3) is 0.611. The van der Waals surface area contributed by atoms with Crippen LogP contribution in [0.3, 0.4) is 0 Å². The number of fused-ring (bicyclic) bond motifs is 1. The number of methoxy groups -OCH3 is 1. The number of carbonyl (C=O) groups excluding carboxylic acids is 1. The average Bonchev–Trinajstić information content (AvgIpc) is 2.82. The molecule has 3 nitrogen and oxygen atoms in total. The number of benzene rings is 1. The van der Waals surface area contributed by atoms with Crippen LogP contribution in [0, 0.1) is 0 Å². The second-order valence-corrected chi connectivity index (χ2v) is 5.88. The maximum Gasteiger partial charge on any atom is 0.232 e. The van der Waals surface area contributed by atoms with Gasteiger partial charge in [0.15, 0.2) is 0 Å². The van der Waals surface area contributed by atoms with Crippen LogP contribution in [0.25, 0.3) is 0 Å². The molecule has 21 heavy (non-hydrogen) atoms. The van der Waals surface area contributed by atoms with E-state index in [-0.39, 0.29) is 11.8 Å². The summed E-state index contributed by atoms with van der Waals surface area (Å²) in [5.74, 6) is 0.897. The number of amides is 1. The SMILES string of the molecule is CCCCCCCCCC1C(=O)Nc2c(OC)cccc21. The molecule has 3 heteroatoms. The average molecular weight is 289 g/mol.